The lowest BCUT2D eigenvalue weighted by Crippen LogP contribution is -2.49. The van der Waals surface area contributed by atoms with Gasteiger partial charge in [-0.3, -0.25) is 14.5 Å². The van der Waals surface area contributed by atoms with Gasteiger partial charge in [-0.25, -0.2) is 0 Å². The van der Waals surface area contributed by atoms with E-state index >= 15 is 0 Å². The second-order valence-electron chi connectivity index (χ2n) is 6.61. The SMILES string of the molecule is CN=C(NCCNC(=O)c1ccc(Cl)c(Cl)c1)N1CCOC(c2cnn(C)c2)C1.I. The molecule has 3 rings (SSSR count). The van der Waals surface area contributed by atoms with Crippen molar-refractivity contribution in [2.75, 3.05) is 39.8 Å². The number of hydrogen-bond donors (Lipinski definition) is 2. The van der Waals surface area contributed by atoms with Gasteiger partial charge in [-0.05, 0) is 18.2 Å². The van der Waals surface area contributed by atoms with Crippen LogP contribution in [0.3, 0.4) is 0 Å². The third kappa shape index (κ3) is 6.47. The molecular formula is C19H25Cl2IN6O2. The van der Waals surface area contributed by atoms with Crippen molar-refractivity contribution in [3.05, 3.63) is 51.8 Å². The fourth-order valence-corrected chi connectivity index (χ4v) is 3.37. The second-order valence-corrected chi connectivity index (χ2v) is 7.43. The minimum atomic E-state index is -0.205. The Balaban J connectivity index is 0.00000320. The average molecular weight is 567 g/mol. The zero-order valence-corrected chi connectivity index (χ0v) is 20.6. The van der Waals surface area contributed by atoms with Crippen molar-refractivity contribution in [3.63, 3.8) is 0 Å². The van der Waals surface area contributed by atoms with Crippen LogP contribution in [-0.2, 0) is 11.8 Å². The number of nitrogens with one attached hydrogen (secondary N) is 2. The molecule has 2 N–H and O–H groups in total. The van der Waals surface area contributed by atoms with E-state index in [1.54, 1.807) is 29.9 Å². The third-order valence-corrected chi connectivity index (χ3v) is 5.29. The maximum Gasteiger partial charge on any atom is 0.251 e. The van der Waals surface area contributed by atoms with Gasteiger partial charge in [0, 0.05) is 51.1 Å². The van der Waals surface area contributed by atoms with Crippen molar-refractivity contribution in [1.29, 1.82) is 0 Å². The number of aliphatic imine (C=N–C) groups is 1. The molecule has 8 nitrogen and oxygen atoms in total. The molecule has 1 aliphatic heterocycles. The monoisotopic (exact) mass is 566 g/mol. The van der Waals surface area contributed by atoms with Gasteiger partial charge in [0.15, 0.2) is 5.96 Å². The van der Waals surface area contributed by atoms with Crippen LogP contribution in [0.15, 0.2) is 35.6 Å². The summed E-state index contributed by atoms with van der Waals surface area (Å²) >= 11 is 11.8. The standard InChI is InChI=1S/C19H24Cl2N6O2.HI/c1-22-19(27-7-8-29-17(12-27)14-10-25-26(2)11-14)24-6-5-23-18(28)13-3-4-15(20)16(21)9-13;/h3-4,9-11,17H,5-8,12H2,1-2H3,(H,22,24)(H,23,28);1H. The van der Waals surface area contributed by atoms with Gasteiger partial charge in [-0.1, -0.05) is 23.2 Å². The summed E-state index contributed by atoms with van der Waals surface area (Å²) in [5.74, 6) is 0.564. The normalized spacial score (nSPS) is 16.7. The molecule has 1 atom stereocenters. The number of ether oxygens (including phenoxy) is 1. The summed E-state index contributed by atoms with van der Waals surface area (Å²) < 4.78 is 7.64. The Morgan fingerprint density at radius 2 is 2.07 bits per heavy atom. The molecule has 0 aliphatic carbocycles. The molecule has 1 aliphatic rings. The molecule has 1 aromatic carbocycles. The molecule has 0 saturated carbocycles. The quantitative estimate of drug-likeness (QED) is 0.252. The molecular weight excluding hydrogens is 542 g/mol. The highest BCUT2D eigenvalue weighted by molar-refractivity contribution is 14.0. The van der Waals surface area contributed by atoms with Crippen molar-refractivity contribution in [3.8, 4) is 0 Å². The van der Waals surface area contributed by atoms with Crippen LogP contribution in [0, 0.1) is 0 Å². The Morgan fingerprint density at radius 3 is 2.73 bits per heavy atom. The zero-order chi connectivity index (χ0) is 20.8. The van der Waals surface area contributed by atoms with Gasteiger partial charge < -0.3 is 20.3 Å². The van der Waals surface area contributed by atoms with Crippen molar-refractivity contribution in [2.45, 2.75) is 6.10 Å². The fraction of sp³-hybridized carbons (Fsp3) is 0.421. The Labute approximate surface area is 203 Å². The first-order valence-corrected chi connectivity index (χ1v) is 10.0. The zero-order valence-electron chi connectivity index (χ0n) is 16.8. The second kappa shape index (κ2) is 11.7. The van der Waals surface area contributed by atoms with Gasteiger partial charge in [0.1, 0.15) is 6.10 Å². The molecule has 0 bridgehead atoms. The minimum absolute atomic E-state index is 0. The van der Waals surface area contributed by atoms with Crippen LogP contribution in [0.1, 0.15) is 22.0 Å². The van der Waals surface area contributed by atoms with Crippen molar-refractivity contribution < 1.29 is 9.53 Å². The lowest BCUT2D eigenvalue weighted by Gasteiger charge is -2.34. The molecule has 2 heterocycles. The third-order valence-electron chi connectivity index (χ3n) is 4.55. The summed E-state index contributed by atoms with van der Waals surface area (Å²) in [6.07, 6.45) is 3.73. The van der Waals surface area contributed by atoms with E-state index < -0.39 is 0 Å². The Hall–Kier alpha value is -1.56. The highest BCUT2D eigenvalue weighted by Gasteiger charge is 2.25. The van der Waals surface area contributed by atoms with Crippen molar-refractivity contribution in [2.24, 2.45) is 12.0 Å². The summed E-state index contributed by atoms with van der Waals surface area (Å²) in [5, 5.41) is 11.1. The largest absolute Gasteiger partial charge is 0.370 e. The number of hydrogen-bond acceptors (Lipinski definition) is 4. The fourth-order valence-electron chi connectivity index (χ4n) is 3.07. The Kier molecular flexibility index (Phi) is 9.66. The number of carbonyl (C=O) groups is 1. The maximum absolute atomic E-state index is 12.2. The number of amides is 1. The predicted octanol–water partition coefficient (Wildman–Crippen LogP) is 2.72. The summed E-state index contributed by atoms with van der Waals surface area (Å²) in [4.78, 5) is 18.7. The van der Waals surface area contributed by atoms with Gasteiger partial charge in [0.25, 0.3) is 5.91 Å². The van der Waals surface area contributed by atoms with Crippen molar-refractivity contribution >= 4 is 59.0 Å². The maximum atomic E-state index is 12.2. The summed E-state index contributed by atoms with van der Waals surface area (Å²) in [6.45, 7) is 3.00. The molecule has 0 spiro atoms. The van der Waals surface area contributed by atoms with Crippen LogP contribution < -0.4 is 10.6 Å². The van der Waals surface area contributed by atoms with E-state index in [0.717, 1.165) is 18.1 Å². The first kappa shape index (κ1) is 24.7. The Morgan fingerprint density at radius 1 is 1.30 bits per heavy atom. The summed E-state index contributed by atoms with van der Waals surface area (Å²) in [5.41, 5.74) is 1.51. The Bertz CT molecular complexity index is 892. The van der Waals surface area contributed by atoms with E-state index in [1.807, 2.05) is 19.4 Å². The summed E-state index contributed by atoms with van der Waals surface area (Å²) in [6, 6.07) is 4.80. The van der Waals surface area contributed by atoms with Gasteiger partial charge in [-0.2, -0.15) is 5.10 Å². The van der Waals surface area contributed by atoms with Crippen LogP contribution in [0.4, 0.5) is 0 Å². The first-order valence-electron chi connectivity index (χ1n) is 9.27. The number of aromatic nitrogens is 2. The van der Waals surface area contributed by atoms with Crippen LogP contribution >= 0.6 is 47.2 Å². The number of nitrogens with zero attached hydrogens (tertiary/aromatic N) is 4. The molecule has 164 valence electrons. The van der Waals surface area contributed by atoms with Gasteiger partial charge in [0.2, 0.25) is 0 Å². The average Bonchev–Trinajstić information content (AvgIpc) is 3.16. The van der Waals surface area contributed by atoms with Crippen LogP contribution in [0.2, 0.25) is 10.0 Å². The lowest BCUT2D eigenvalue weighted by atomic mass is 10.1. The molecule has 1 unspecified atom stereocenters. The molecule has 0 radical (unpaired) electrons. The molecule has 1 amide bonds. The van der Waals surface area contributed by atoms with E-state index in [0.29, 0.717) is 41.8 Å². The first-order chi connectivity index (χ1) is 14.0. The van der Waals surface area contributed by atoms with Crippen LogP contribution in [0.25, 0.3) is 0 Å². The minimum Gasteiger partial charge on any atom is -0.370 e. The van der Waals surface area contributed by atoms with E-state index in [1.165, 1.54) is 0 Å². The number of halogens is 3. The van der Waals surface area contributed by atoms with Gasteiger partial charge in [-0.15, -0.1) is 24.0 Å². The smallest absolute Gasteiger partial charge is 0.251 e. The number of morpholine rings is 1. The van der Waals surface area contributed by atoms with E-state index in [4.69, 9.17) is 27.9 Å². The van der Waals surface area contributed by atoms with Gasteiger partial charge >= 0.3 is 0 Å². The number of rotatable bonds is 5. The molecule has 30 heavy (non-hydrogen) atoms. The highest BCUT2D eigenvalue weighted by atomic mass is 127. The van der Waals surface area contributed by atoms with Crippen molar-refractivity contribution in [1.82, 2.24) is 25.3 Å². The van der Waals surface area contributed by atoms with Gasteiger partial charge in [0.05, 0.1) is 29.4 Å². The number of guanidine groups is 1. The predicted molar refractivity (Wildman–Crippen MR) is 129 cm³/mol. The highest BCUT2D eigenvalue weighted by Crippen LogP contribution is 2.23. The number of carbonyl (C=O) groups excluding carboxylic acids is 1. The van der Waals surface area contributed by atoms with Crippen LogP contribution in [0.5, 0.6) is 0 Å². The molecule has 1 aromatic heterocycles. The van der Waals surface area contributed by atoms with E-state index in [9.17, 15) is 4.79 Å². The molecule has 11 heteroatoms. The van der Waals surface area contributed by atoms with E-state index in [2.05, 4.69) is 25.6 Å². The summed E-state index contributed by atoms with van der Waals surface area (Å²) in [7, 11) is 3.63. The number of aryl methyl sites for hydroxylation is 1. The lowest BCUT2D eigenvalue weighted by molar-refractivity contribution is -0.00800. The van der Waals surface area contributed by atoms with E-state index in [-0.39, 0.29) is 36.0 Å². The van der Waals surface area contributed by atoms with Crippen LogP contribution in [-0.4, -0.2) is 66.4 Å². The topological polar surface area (TPSA) is 83.8 Å². The number of benzene rings is 1. The molecule has 1 fully saturated rings. The molecule has 2 aromatic rings. The molecule has 1 saturated heterocycles.